The lowest BCUT2D eigenvalue weighted by Gasteiger charge is -2.18. The molecule has 0 fully saturated rings. The fourth-order valence-corrected chi connectivity index (χ4v) is 0.789. The summed E-state index contributed by atoms with van der Waals surface area (Å²) in [7, 11) is 0. The Balaban J connectivity index is 3.04. The van der Waals surface area contributed by atoms with Crippen LogP contribution in [0, 0.1) is 0 Å². The van der Waals surface area contributed by atoms with Gasteiger partial charge in [-0.3, -0.25) is 0 Å². The van der Waals surface area contributed by atoms with E-state index in [1.807, 2.05) is 6.08 Å². The van der Waals surface area contributed by atoms with Crippen molar-refractivity contribution in [1.82, 2.24) is 9.97 Å². The highest BCUT2D eigenvalue weighted by Crippen LogP contribution is 2.22. The molecule has 0 bridgehead atoms. The van der Waals surface area contributed by atoms with E-state index in [0.717, 1.165) is 5.56 Å². The van der Waals surface area contributed by atoms with Crippen LogP contribution in [0.2, 0.25) is 0 Å². The van der Waals surface area contributed by atoms with Crippen molar-refractivity contribution < 1.29 is 0 Å². The van der Waals surface area contributed by atoms with E-state index in [1.165, 1.54) is 0 Å². The Labute approximate surface area is 72.3 Å². The quantitative estimate of drug-likeness (QED) is 0.672. The lowest BCUT2D eigenvalue weighted by molar-refractivity contribution is 0.663. The summed E-state index contributed by atoms with van der Waals surface area (Å²) in [6.45, 7) is 7.85. The number of nitrogen functional groups attached to an aromatic ring is 1. The molecule has 0 unspecified atom stereocenters. The van der Waals surface area contributed by atoms with Gasteiger partial charge in [-0.15, -0.1) is 6.58 Å². The van der Waals surface area contributed by atoms with Crippen molar-refractivity contribution in [3.8, 4) is 0 Å². The second kappa shape index (κ2) is 2.93. The van der Waals surface area contributed by atoms with Crippen molar-refractivity contribution in [3.63, 3.8) is 0 Å². The van der Waals surface area contributed by atoms with Crippen molar-refractivity contribution in [2.24, 2.45) is 0 Å². The normalized spacial score (nSPS) is 11.2. The first-order valence-electron chi connectivity index (χ1n) is 3.78. The van der Waals surface area contributed by atoms with Crippen LogP contribution in [0.5, 0.6) is 0 Å². The van der Waals surface area contributed by atoms with E-state index < -0.39 is 0 Å². The van der Waals surface area contributed by atoms with Crippen LogP contribution >= 0.6 is 0 Å². The number of hydrogen-bond donors (Lipinski definition) is 1. The number of aromatic nitrogens is 2. The Hall–Kier alpha value is -1.38. The average Bonchev–Trinajstić information content (AvgIpc) is 2.05. The highest BCUT2D eigenvalue weighted by Gasteiger charge is 2.16. The monoisotopic (exact) mass is 163 g/mol. The Morgan fingerprint density at radius 2 is 1.92 bits per heavy atom. The van der Waals surface area contributed by atoms with Crippen LogP contribution in [0.15, 0.2) is 25.0 Å². The van der Waals surface area contributed by atoms with Crippen molar-refractivity contribution >= 4 is 5.95 Å². The summed E-state index contributed by atoms with van der Waals surface area (Å²) in [5.41, 5.74) is 6.29. The molecule has 0 aromatic carbocycles. The largest absolute Gasteiger partial charge is 0.368 e. The SMILES string of the molecule is C=CC(C)(C)c1cnc(N)nc1. The lowest BCUT2D eigenvalue weighted by Crippen LogP contribution is -2.14. The maximum absolute atomic E-state index is 5.36. The molecule has 1 aromatic heterocycles. The van der Waals surface area contributed by atoms with E-state index >= 15 is 0 Å². The topological polar surface area (TPSA) is 51.8 Å². The van der Waals surface area contributed by atoms with Gasteiger partial charge in [0.25, 0.3) is 0 Å². The molecule has 3 nitrogen and oxygen atoms in total. The molecule has 0 saturated heterocycles. The van der Waals surface area contributed by atoms with Gasteiger partial charge in [-0.1, -0.05) is 19.9 Å². The third kappa shape index (κ3) is 1.61. The minimum Gasteiger partial charge on any atom is -0.368 e. The van der Waals surface area contributed by atoms with Crippen LogP contribution in [0.25, 0.3) is 0 Å². The highest BCUT2D eigenvalue weighted by molar-refractivity contribution is 5.26. The molecule has 0 aliphatic carbocycles. The summed E-state index contributed by atoms with van der Waals surface area (Å²) in [5.74, 6) is 0.304. The molecule has 1 rings (SSSR count). The van der Waals surface area contributed by atoms with Gasteiger partial charge in [0.2, 0.25) is 5.95 Å². The molecular weight excluding hydrogens is 150 g/mol. The molecule has 1 aromatic rings. The van der Waals surface area contributed by atoms with Crippen LogP contribution < -0.4 is 5.73 Å². The minimum absolute atomic E-state index is 0.0896. The second-order valence-electron chi connectivity index (χ2n) is 3.26. The zero-order valence-corrected chi connectivity index (χ0v) is 7.41. The molecule has 0 atom stereocenters. The molecule has 0 radical (unpaired) electrons. The molecule has 2 N–H and O–H groups in total. The molecule has 1 heterocycles. The summed E-state index contributed by atoms with van der Waals surface area (Å²) in [4.78, 5) is 7.82. The zero-order chi connectivity index (χ0) is 9.19. The number of rotatable bonds is 2. The van der Waals surface area contributed by atoms with Crippen LogP contribution in [-0.4, -0.2) is 9.97 Å². The molecular formula is C9H13N3. The van der Waals surface area contributed by atoms with Gasteiger partial charge in [-0.25, -0.2) is 9.97 Å². The Bertz CT molecular complexity index is 274. The fourth-order valence-electron chi connectivity index (χ4n) is 0.789. The Morgan fingerprint density at radius 1 is 1.42 bits per heavy atom. The summed E-state index contributed by atoms with van der Waals surface area (Å²) in [6, 6.07) is 0. The number of hydrogen-bond acceptors (Lipinski definition) is 3. The van der Waals surface area contributed by atoms with Crippen LogP contribution in [0.1, 0.15) is 19.4 Å². The molecule has 0 aliphatic rings. The predicted octanol–water partition coefficient (Wildman–Crippen LogP) is 1.52. The maximum atomic E-state index is 5.36. The first-order valence-corrected chi connectivity index (χ1v) is 3.78. The Morgan fingerprint density at radius 3 is 2.33 bits per heavy atom. The van der Waals surface area contributed by atoms with E-state index in [9.17, 15) is 0 Å². The molecule has 64 valence electrons. The van der Waals surface area contributed by atoms with Crippen molar-refractivity contribution in [2.75, 3.05) is 5.73 Å². The van der Waals surface area contributed by atoms with E-state index in [1.54, 1.807) is 12.4 Å². The third-order valence-corrected chi connectivity index (χ3v) is 1.93. The molecule has 0 spiro atoms. The Kier molecular flexibility index (Phi) is 2.13. The molecule has 3 heteroatoms. The van der Waals surface area contributed by atoms with Gasteiger partial charge in [-0.2, -0.15) is 0 Å². The molecule has 0 saturated carbocycles. The summed E-state index contributed by atoms with van der Waals surface area (Å²) < 4.78 is 0. The lowest BCUT2D eigenvalue weighted by atomic mass is 9.87. The maximum Gasteiger partial charge on any atom is 0.219 e. The van der Waals surface area contributed by atoms with Crippen LogP contribution in [0.3, 0.4) is 0 Å². The van der Waals surface area contributed by atoms with Crippen molar-refractivity contribution in [2.45, 2.75) is 19.3 Å². The highest BCUT2D eigenvalue weighted by atomic mass is 15.0. The van der Waals surface area contributed by atoms with Gasteiger partial charge in [0, 0.05) is 17.8 Å². The average molecular weight is 163 g/mol. The van der Waals surface area contributed by atoms with Gasteiger partial charge in [0.1, 0.15) is 0 Å². The van der Waals surface area contributed by atoms with E-state index in [4.69, 9.17) is 5.73 Å². The summed E-state index contributed by atoms with van der Waals surface area (Å²) in [6.07, 6.45) is 5.32. The van der Waals surface area contributed by atoms with Gasteiger partial charge in [0.15, 0.2) is 0 Å². The second-order valence-corrected chi connectivity index (χ2v) is 3.26. The van der Waals surface area contributed by atoms with Gasteiger partial charge >= 0.3 is 0 Å². The number of allylic oxidation sites excluding steroid dienone is 1. The van der Waals surface area contributed by atoms with E-state index in [0.29, 0.717) is 5.95 Å². The smallest absolute Gasteiger partial charge is 0.219 e. The first-order chi connectivity index (χ1) is 5.56. The predicted molar refractivity (Wildman–Crippen MR) is 49.7 cm³/mol. The standard InChI is InChI=1S/C9H13N3/c1-4-9(2,3)7-5-11-8(10)12-6-7/h4-6H,1H2,2-3H3,(H2,10,11,12). The number of nitrogens with two attached hydrogens (primary N) is 1. The fraction of sp³-hybridized carbons (Fsp3) is 0.333. The van der Waals surface area contributed by atoms with Gasteiger partial charge in [0.05, 0.1) is 0 Å². The molecule has 0 aliphatic heterocycles. The number of nitrogens with zero attached hydrogens (tertiary/aromatic N) is 2. The van der Waals surface area contributed by atoms with Crippen molar-refractivity contribution in [3.05, 3.63) is 30.6 Å². The first kappa shape index (κ1) is 8.71. The van der Waals surface area contributed by atoms with E-state index in [-0.39, 0.29) is 5.41 Å². The van der Waals surface area contributed by atoms with Crippen LogP contribution in [-0.2, 0) is 5.41 Å². The molecule has 12 heavy (non-hydrogen) atoms. The summed E-state index contributed by atoms with van der Waals surface area (Å²) in [5, 5.41) is 0. The zero-order valence-electron chi connectivity index (χ0n) is 7.41. The van der Waals surface area contributed by atoms with Crippen molar-refractivity contribution in [1.29, 1.82) is 0 Å². The molecule has 0 amide bonds. The van der Waals surface area contributed by atoms with Crippen LogP contribution in [0.4, 0.5) is 5.95 Å². The number of anilines is 1. The third-order valence-electron chi connectivity index (χ3n) is 1.93. The van der Waals surface area contributed by atoms with E-state index in [2.05, 4.69) is 30.4 Å². The summed E-state index contributed by atoms with van der Waals surface area (Å²) >= 11 is 0. The van der Waals surface area contributed by atoms with Gasteiger partial charge in [-0.05, 0) is 5.56 Å². The minimum atomic E-state index is -0.0896. The van der Waals surface area contributed by atoms with Gasteiger partial charge < -0.3 is 5.73 Å².